The summed E-state index contributed by atoms with van der Waals surface area (Å²) in [4.78, 5) is 14.1. The molecule has 0 saturated carbocycles. The normalized spacial score (nSPS) is 13.6. The van der Waals surface area contributed by atoms with Gasteiger partial charge in [0.15, 0.2) is 5.03 Å². The SMILES string of the molecule is Cn1cnc(S(=O)(=O)NCC(O)C(N)=O)c1. The Kier molecular flexibility index (Phi) is 3.62. The van der Waals surface area contributed by atoms with E-state index in [-0.39, 0.29) is 5.03 Å². The zero-order valence-electron chi connectivity index (χ0n) is 8.49. The molecule has 1 rings (SSSR count). The number of amides is 1. The second kappa shape index (κ2) is 4.60. The zero-order valence-corrected chi connectivity index (χ0v) is 9.31. The number of rotatable bonds is 5. The molecule has 0 bridgehead atoms. The monoisotopic (exact) mass is 248 g/mol. The molecule has 0 radical (unpaired) electrons. The standard InChI is InChI=1S/C7H12N4O4S/c1-11-3-6(9-4-11)16(14,15)10-2-5(12)7(8)13/h3-5,10,12H,2H2,1H3,(H2,8,13). The first-order valence-corrected chi connectivity index (χ1v) is 5.76. The van der Waals surface area contributed by atoms with E-state index in [0.29, 0.717) is 0 Å². The number of primary amides is 1. The van der Waals surface area contributed by atoms with Crippen molar-refractivity contribution >= 4 is 15.9 Å². The fourth-order valence-corrected chi connectivity index (χ4v) is 1.91. The van der Waals surface area contributed by atoms with Crippen molar-refractivity contribution in [1.29, 1.82) is 0 Å². The first-order valence-electron chi connectivity index (χ1n) is 4.28. The van der Waals surface area contributed by atoms with Crippen molar-refractivity contribution in [2.24, 2.45) is 12.8 Å². The summed E-state index contributed by atoms with van der Waals surface area (Å²) in [6.45, 7) is -0.478. The molecule has 1 unspecified atom stereocenters. The molecule has 8 nitrogen and oxygen atoms in total. The van der Waals surface area contributed by atoms with Gasteiger partial charge in [-0.05, 0) is 0 Å². The molecule has 1 aromatic heterocycles. The third kappa shape index (κ3) is 3.02. The Morgan fingerprint density at radius 1 is 1.75 bits per heavy atom. The number of nitrogens with two attached hydrogens (primary N) is 1. The van der Waals surface area contributed by atoms with Crippen LogP contribution in [0.4, 0.5) is 0 Å². The van der Waals surface area contributed by atoms with Gasteiger partial charge in [-0.1, -0.05) is 0 Å². The lowest BCUT2D eigenvalue weighted by molar-refractivity contribution is -0.125. The average Bonchev–Trinajstić information content (AvgIpc) is 2.61. The molecule has 0 aliphatic rings. The summed E-state index contributed by atoms with van der Waals surface area (Å²) in [6.07, 6.45) is 1.05. The maximum atomic E-state index is 11.5. The van der Waals surface area contributed by atoms with Crippen LogP contribution in [0.3, 0.4) is 0 Å². The highest BCUT2D eigenvalue weighted by molar-refractivity contribution is 7.89. The Labute approximate surface area is 92.1 Å². The molecule has 9 heteroatoms. The number of aliphatic hydroxyl groups is 1. The molecule has 1 amide bonds. The van der Waals surface area contributed by atoms with Crippen molar-refractivity contribution in [3.8, 4) is 0 Å². The molecule has 0 aliphatic heterocycles. The van der Waals surface area contributed by atoms with Gasteiger partial charge in [0.2, 0.25) is 5.91 Å². The summed E-state index contributed by atoms with van der Waals surface area (Å²) < 4.78 is 26.5. The second-order valence-electron chi connectivity index (χ2n) is 3.15. The molecule has 1 aromatic rings. The van der Waals surface area contributed by atoms with Crippen LogP contribution in [-0.2, 0) is 21.9 Å². The van der Waals surface area contributed by atoms with Crippen molar-refractivity contribution < 1.29 is 18.3 Å². The largest absolute Gasteiger partial charge is 0.382 e. The number of aromatic nitrogens is 2. The molecule has 16 heavy (non-hydrogen) atoms. The van der Waals surface area contributed by atoms with Crippen LogP contribution in [0.2, 0.25) is 0 Å². The summed E-state index contributed by atoms with van der Waals surface area (Å²) in [5, 5.41) is 8.83. The van der Waals surface area contributed by atoms with E-state index in [0.717, 1.165) is 0 Å². The molecule has 0 aliphatic carbocycles. The van der Waals surface area contributed by atoms with E-state index in [9.17, 15) is 13.2 Å². The highest BCUT2D eigenvalue weighted by Gasteiger charge is 2.20. The van der Waals surface area contributed by atoms with E-state index in [4.69, 9.17) is 10.8 Å². The molecule has 0 aromatic carbocycles. The van der Waals surface area contributed by atoms with Crippen LogP contribution in [0.5, 0.6) is 0 Å². The van der Waals surface area contributed by atoms with Crippen molar-refractivity contribution in [3.63, 3.8) is 0 Å². The molecular weight excluding hydrogens is 236 g/mol. The topological polar surface area (TPSA) is 127 Å². The highest BCUT2D eigenvalue weighted by atomic mass is 32.2. The summed E-state index contributed by atoms with van der Waals surface area (Å²) in [5.41, 5.74) is 4.76. The minimum atomic E-state index is -3.82. The zero-order chi connectivity index (χ0) is 12.3. The van der Waals surface area contributed by atoms with Gasteiger partial charge in [-0.3, -0.25) is 4.79 Å². The summed E-state index contributed by atoms with van der Waals surface area (Å²) in [5.74, 6) is -0.997. The first-order chi connectivity index (χ1) is 7.33. The van der Waals surface area contributed by atoms with Gasteiger partial charge >= 0.3 is 0 Å². The van der Waals surface area contributed by atoms with Crippen LogP contribution in [-0.4, -0.2) is 41.6 Å². The van der Waals surface area contributed by atoms with Crippen LogP contribution < -0.4 is 10.5 Å². The van der Waals surface area contributed by atoms with Crippen LogP contribution in [0.15, 0.2) is 17.6 Å². The van der Waals surface area contributed by atoms with Crippen LogP contribution in [0.1, 0.15) is 0 Å². The highest BCUT2D eigenvalue weighted by Crippen LogP contribution is 2.03. The Balaban J connectivity index is 2.70. The molecule has 0 spiro atoms. The van der Waals surface area contributed by atoms with E-state index in [1.807, 2.05) is 4.72 Å². The predicted octanol–water partition coefficient (Wildman–Crippen LogP) is -2.46. The summed E-state index contributed by atoms with van der Waals surface area (Å²) in [6, 6.07) is 0. The molecule has 0 fully saturated rings. The van der Waals surface area contributed by atoms with Gasteiger partial charge in [-0.25, -0.2) is 18.1 Å². The fourth-order valence-electron chi connectivity index (χ4n) is 0.891. The van der Waals surface area contributed by atoms with Gasteiger partial charge in [0.05, 0.1) is 6.33 Å². The lowest BCUT2D eigenvalue weighted by Crippen LogP contribution is -2.40. The number of carbonyl (C=O) groups is 1. The fraction of sp³-hybridized carbons (Fsp3) is 0.429. The van der Waals surface area contributed by atoms with E-state index in [2.05, 4.69) is 4.98 Å². The minimum Gasteiger partial charge on any atom is -0.382 e. The predicted molar refractivity (Wildman–Crippen MR) is 53.6 cm³/mol. The third-order valence-electron chi connectivity index (χ3n) is 1.75. The molecule has 90 valence electrons. The number of imidazole rings is 1. The summed E-state index contributed by atoms with van der Waals surface area (Å²) in [7, 11) is -2.20. The number of hydrogen-bond acceptors (Lipinski definition) is 5. The van der Waals surface area contributed by atoms with Crippen molar-refractivity contribution in [3.05, 3.63) is 12.5 Å². The van der Waals surface area contributed by atoms with Crippen LogP contribution in [0.25, 0.3) is 0 Å². The first kappa shape index (κ1) is 12.6. The third-order valence-corrected chi connectivity index (χ3v) is 3.06. The van der Waals surface area contributed by atoms with Gasteiger partial charge in [-0.2, -0.15) is 0 Å². The van der Waals surface area contributed by atoms with Gasteiger partial charge < -0.3 is 15.4 Å². The average molecular weight is 248 g/mol. The number of aliphatic hydroxyl groups excluding tert-OH is 1. The molecule has 1 heterocycles. The van der Waals surface area contributed by atoms with Gasteiger partial charge in [0.25, 0.3) is 10.0 Å². The Bertz CT molecular complexity index is 480. The number of nitrogens with zero attached hydrogens (tertiary/aromatic N) is 2. The van der Waals surface area contributed by atoms with Crippen molar-refractivity contribution in [2.45, 2.75) is 11.1 Å². The molecule has 0 saturated heterocycles. The van der Waals surface area contributed by atoms with Crippen molar-refractivity contribution in [1.82, 2.24) is 14.3 Å². The second-order valence-corrected chi connectivity index (χ2v) is 4.86. The van der Waals surface area contributed by atoms with Crippen LogP contribution in [0, 0.1) is 0 Å². The number of aryl methyl sites for hydroxylation is 1. The van der Waals surface area contributed by atoms with Gasteiger partial charge in [0, 0.05) is 19.8 Å². The molecule has 1 atom stereocenters. The van der Waals surface area contributed by atoms with E-state index >= 15 is 0 Å². The summed E-state index contributed by atoms with van der Waals surface area (Å²) >= 11 is 0. The Morgan fingerprint density at radius 3 is 2.81 bits per heavy atom. The van der Waals surface area contributed by atoms with E-state index in [1.165, 1.54) is 17.1 Å². The lowest BCUT2D eigenvalue weighted by Gasteiger charge is -2.07. The Morgan fingerprint density at radius 2 is 2.38 bits per heavy atom. The number of nitrogens with one attached hydrogen (secondary N) is 1. The number of hydrogen-bond donors (Lipinski definition) is 3. The quantitative estimate of drug-likeness (QED) is 0.532. The Hall–Kier alpha value is -1.45. The number of sulfonamides is 1. The lowest BCUT2D eigenvalue weighted by atomic mass is 10.3. The molecular formula is C7H12N4O4S. The van der Waals surface area contributed by atoms with E-state index < -0.39 is 28.6 Å². The number of carbonyl (C=O) groups excluding carboxylic acids is 1. The minimum absolute atomic E-state index is 0.188. The maximum absolute atomic E-state index is 11.5. The van der Waals surface area contributed by atoms with E-state index in [1.54, 1.807) is 7.05 Å². The van der Waals surface area contributed by atoms with Crippen molar-refractivity contribution in [2.75, 3.05) is 6.54 Å². The molecule has 4 N–H and O–H groups in total. The van der Waals surface area contributed by atoms with Gasteiger partial charge in [0.1, 0.15) is 6.10 Å². The smallest absolute Gasteiger partial charge is 0.259 e. The van der Waals surface area contributed by atoms with Crippen LogP contribution >= 0.6 is 0 Å². The maximum Gasteiger partial charge on any atom is 0.259 e. The van der Waals surface area contributed by atoms with Gasteiger partial charge in [-0.15, -0.1) is 0 Å².